The van der Waals surface area contributed by atoms with Gasteiger partial charge in [0, 0.05) is 24.0 Å². The Morgan fingerprint density at radius 1 is 0.800 bits per heavy atom. The number of nitrogens with one attached hydrogen (secondary N) is 2. The van der Waals surface area contributed by atoms with Crippen molar-refractivity contribution in [1.29, 1.82) is 0 Å². The standard InChI is InChI=1S/C25H34N2O8/c1-7-32-24(30)26-21(27-25(31)33-8-2)20-10-9-18(11-13-34-22(28)16(3)4)15-19(20)12-14-35-23(29)17(5)6/h9-10,15,21H,3,5,7-8,11-14H2,1-2,4,6H3,(H,26,30)(H,27,31). The molecule has 192 valence electrons. The molecule has 0 atom stereocenters. The minimum Gasteiger partial charge on any atom is -0.462 e. The van der Waals surface area contributed by atoms with Gasteiger partial charge in [0.15, 0.2) is 0 Å². The predicted octanol–water partition coefficient (Wildman–Crippen LogP) is 3.50. The van der Waals surface area contributed by atoms with Crippen LogP contribution in [0.1, 0.15) is 50.6 Å². The third kappa shape index (κ3) is 10.8. The van der Waals surface area contributed by atoms with Crippen LogP contribution in [0.25, 0.3) is 0 Å². The smallest absolute Gasteiger partial charge is 0.409 e. The molecule has 0 aromatic heterocycles. The minimum absolute atomic E-state index is 0.0400. The molecule has 1 aromatic carbocycles. The fourth-order valence-electron chi connectivity index (χ4n) is 2.85. The van der Waals surface area contributed by atoms with Crippen LogP contribution in [-0.2, 0) is 41.4 Å². The van der Waals surface area contributed by atoms with E-state index in [0.717, 1.165) is 5.56 Å². The fourth-order valence-corrected chi connectivity index (χ4v) is 2.85. The second-order valence-corrected chi connectivity index (χ2v) is 7.53. The van der Waals surface area contributed by atoms with Crippen LogP contribution in [-0.4, -0.2) is 50.6 Å². The summed E-state index contributed by atoms with van der Waals surface area (Å²) in [6.45, 7) is 14.0. The van der Waals surface area contributed by atoms with Gasteiger partial charge in [0.25, 0.3) is 0 Å². The van der Waals surface area contributed by atoms with Crippen LogP contribution in [0.15, 0.2) is 42.5 Å². The van der Waals surface area contributed by atoms with E-state index in [4.69, 9.17) is 18.9 Å². The zero-order chi connectivity index (χ0) is 26.4. The second-order valence-electron chi connectivity index (χ2n) is 7.53. The van der Waals surface area contributed by atoms with Gasteiger partial charge in [0.2, 0.25) is 0 Å². The van der Waals surface area contributed by atoms with Crippen molar-refractivity contribution in [2.45, 2.75) is 46.7 Å². The molecule has 0 saturated heterocycles. The molecule has 2 amide bonds. The van der Waals surface area contributed by atoms with Crippen molar-refractivity contribution in [2.24, 2.45) is 0 Å². The van der Waals surface area contributed by atoms with Crippen molar-refractivity contribution in [3.63, 3.8) is 0 Å². The van der Waals surface area contributed by atoms with Gasteiger partial charge in [-0.1, -0.05) is 31.4 Å². The summed E-state index contributed by atoms with van der Waals surface area (Å²) in [6.07, 6.45) is -1.75. The number of carbonyl (C=O) groups is 4. The molecule has 0 unspecified atom stereocenters. The molecule has 0 bridgehead atoms. The summed E-state index contributed by atoms with van der Waals surface area (Å²) in [5.74, 6) is -1.01. The third-order valence-electron chi connectivity index (χ3n) is 4.52. The molecule has 1 aromatic rings. The number of alkyl carbamates (subject to hydrolysis) is 2. The number of carbonyl (C=O) groups excluding carboxylic acids is 4. The van der Waals surface area contributed by atoms with E-state index in [1.54, 1.807) is 39.8 Å². The molecule has 0 aliphatic carbocycles. The van der Waals surface area contributed by atoms with Crippen molar-refractivity contribution in [3.8, 4) is 0 Å². The highest BCUT2D eigenvalue weighted by Gasteiger charge is 2.22. The van der Waals surface area contributed by atoms with E-state index in [1.807, 2.05) is 6.07 Å². The Balaban J connectivity index is 3.20. The van der Waals surface area contributed by atoms with Crippen LogP contribution in [0.2, 0.25) is 0 Å². The first-order valence-electron chi connectivity index (χ1n) is 11.2. The first kappa shape index (κ1) is 29.2. The molecule has 10 nitrogen and oxygen atoms in total. The van der Waals surface area contributed by atoms with E-state index in [0.29, 0.717) is 23.1 Å². The monoisotopic (exact) mass is 490 g/mol. The van der Waals surface area contributed by atoms with E-state index in [-0.39, 0.29) is 38.4 Å². The van der Waals surface area contributed by atoms with Gasteiger partial charge in [-0.25, -0.2) is 19.2 Å². The highest BCUT2D eigenvalue weighted by atomic mass is 16.6. The molecule has 0 fully saturated rings. The molecule has 2 N–H and O–H groups in total. The zero-order valence-corrected chi connectivity index (χ0v) is 20.7. The van der Waals surface area contributed by atoms with Gasteiger partial charge in [0.05, 0.1) is 26.4 Å². The van der Waals surface area contributed by atoms with Gasteiger partial charge in [-0.2, -0.15) is 0 Å². The number of amides is 2. The lowest BCUT2D eigenvalue weighted by molar-refractivity contribution is -0.139. The second kappa shape index (κ2) is 15.2. The molecule has 35 heavy (non-hydrogen) atoms. The molecule has 0 heterocycles. The van der Waals surface area contributed by atoms with Crippen LogP contribution in [0.4, 0.5) is 9.59 Å². The maximum atomic E-state index is 12.1. The third-order valence-corrected chi connectivity index (χ3v) is 4.52. The van der Waals surface area contributed by atoms with Gasteiger partial charge in [-0.3, -0.25) is 10.6 Å². The fraction of sp³-hybridized carbons (Fsp3) is 0.440. The maximum absolute atomic E-state index is 12.1. The summed E-state index contributed by atoms with van der Waals surface area (Å²) in [7, 11) is 0. The highest BCUT2D eigenvalue weighted by molar-refractivity contribution is 5.87. The number of esters is 2. The largest absolute Gasteiger partial charge is 0.462 e. The average Bonchev–Trinajstić information content (AvgIpc) is 2.78. The Morgan fingerprint density at radius 3 is 1.74 bits per heavy atom. The van der Waals surface area contributed by atoms with E-state index in [9.17, 15) is 19.2 Å². The lowest BCUT2D eigenvalue weighted by Crippen LogP contribution is -2.42. The number of ether oxygens (including phenoxy) is 4. The first-order chi connectivity index (χ1) is 16.6. The van der Waals surface area contributed by atoms with E-state index >= 15 is 0 Å². The molecular weight excluding hydrogens is 456 g/mol. The van der Waals surface area contributed by atoms with Crippen molar-refractivity contribution < 1.29 is 38.1 Å². The van der Waals surface area contributed by atoms with E-state index in [1.165, 1.54) is 0 Å². The maximum Gasteiger partial charge on any atom is 0.409 e. The summed E-state index contributed by atoms with van der Waals surface area (Å²) < 4.78 is 20.3. The summed E-state index contributed by atoms with van der Waals surface area (Å²) in [5, 5.41) is 5.19. The molecule has 10 heteroatoms. The summed E-state index contributed by atoms with van der Waals surface area (Å²) in [6, 6.07) is 5.32. The Bertz CT molecular complexity index is 921. The Labute approximate surface area is 205 Å². The molecular formula is C25H34N2O8. The van der Waals surface area contributed by atoms with Gasteiger partial charge in [-0.15, -0.1) is 0 Å². The lowest BCUT2D eigenvalue weighted by Gasteiger charge is -2.23. The molecule has 0 aliphatic rings. The number of rotatable bonds is 13. The van der Waals surface area contributed by atoms with Crippen LogP contribution < -0.4 is 10.6 Å². The van der Waals surface area contributed by atoms with Gasteiger partial charge < -0.3 is 18.9 Å². The molecule has 1 rings (SSSR count). The van der Waals surface area contributed by atoms with E-state index < -0.39 is 30.3 Å². The number of hydrogen-bond acceptors (Lipinski definition) is 8. The molecule has 0 radical (unpaired) electrons. The summed E-state index contributed by atoms with van der Waals surface area (Å²) >= 11 is 0. The Morgan fingerprint density at radius 2 is 1.29 bits per heavy atom. The zero-order valence-electron chi connectivity index (χ0n) is 20.7. The minimum atomic E-state index is -0.977. The average molecular weight is 491 g/mol. The lowest BCUT2D eigenvalue weighted by atomic mass is 9.98. The summed E-state index contributed by atoms with van der Waals surface area (Å²) in [4.78, 5) is 47.7. The summed E-state index contributed by atoms with van der Waals surface area (Å²) in [5.41, 5.74) is 2.62. The van der Waals surface area contributed by atoms with Gasteiger partial charge in [-0.05, 0) is 44.4 Å². The normalized spacial score (nSPS) is 10.2. The van der Waals surface area contributed by atoms with Gasteiger partial charge in [0.1, 0.15) is 6.17 Å². The number of hydrogen-bond donors (Lipinski definition) is 2. The quantitative estimate of drug-likeness (QED) is 0.186. The first-order valence-corrected chi connectivity index (χ1v) is 11.2. The van der Waals surface area contributed by atoms with Crippen LogP contribution in [0, 0.1) is 0 Å². The SMILES string of the molecule is C=C(C)C(=O)OCCc1ccc(C(NC(=O)OCC)NC(=O)OCC)c(CCOC(=O)C(=C)C)c1. The highest BCUT2D eigenvalue weighted by Crippen LogP contribution is 2.21. The van der Waals surface area contributed by atoms with Crippen LogP contribution in [0.3, 0.4) is 0 Å². The van der Waals surface area contributed by atoms with Crippen molar-refractivity contribution >= 4 is 24.1 Å². The van der Waals surface area contributed by atoms with Crippen molar-refractivity contribution in [2.75, 3.05) is 26.4 Å². The van der Waals surface area contributed by atoms with Crippen molar-refractivity contribution in [3.05, 3.63) is 59.2 Å². The predicted molar refractivity (Wildman–Crippen MR) is 128 cm³/mol. The Kier molecular flexibility index (Phi) is 12.6. The molecule has 0 spiro atoms. The Hall–Kier alpha value is -3.82. The van der Waals surface area contributed by atoms with Crippen LogP contribution >= 0.6 is 0 Å². The van der Waals surface area contributed by atoms with Crippen molar-refractivity contribution in [1.82, 2.24) is 10.6 Å². The van der Waals surface area contributed by atoms with Gasteiger partial charge >= 0.3 is 24.1 Å². The topological polar surface area (TPSA) is 129 Å². The van der Waals surface area contributed by atoms with E-state index in [2.05, 4.69) is 23.8 Å². The molecule has 0 saturated carbocycles. The number of benzene rings is 1. The van der Waals surface area contributed by atoms with Crippen LogP contribution in [0.5, 0.6) is 0 Å². The molecule has 0 aliphatic heterocycles.